The zero-order chi connectivity index (χ0) is 22.3. The molecule has 4 aromatic rings. The van der Waals surface area contributed by atoms with Crippen LogP contribution in [0.1, 0.15) is 16.1 Å². The number of thiazole rings is 1. The topological polar surface area (TPSA) is 93.4 Å². The van der Waals surface area contributed by atoms with Crippen molar-refractivity contribution in [2.45, 2.75) is 6.54 Å². The van der Waals surface area contributed by atoms with Gasteiger partial charge in [-0.05, 0) is 49.0 Å². The van der Waals surface area contributed by atoms with Crippen LogP contribution in [0.15, 0.2) is 65.7 Å². The summed E-state index contributed by atoms with van der Waals surface area (Å²) in [7, 11) is 3.66. The number of likely N-dealkylation sites (N-methyl/N-ethyl adjacent to an activating group) is 1. The number of carbonyl (C=O) groups excluding carboxylic acids is 1. The Kier molecular flexibility index (Phi) is 7.00. The second-order valence-corrected chi connectivity index (χ2v) is 8.13. The number of aromatic nitrogens is 3. The third kappa shape index (κ3) is 5.25. The number of nitrogens with one attached hydrogen (secondary N) is 1. The van der Waals surface area contributed by atoms with E-state index in [2.05, 4.69) is 25.2 Å². The SMILES string of the molecule is COCCN(C)Cc1cc(C(=O)Nc2nc(-c3ccco3)c(-c3ccncc3)s2)ccn1. The van der Waals surface area contributed by atoms with Gasteiger partial charge in [-0.3, -0.25) is 25.0 Å². The summed E-state index contributed by atoms with van der Waals surface area (Å²) in [6.07, 6.45) is 6.70. The number of pyridine rings is 2. The summed E-state index contributed by atoms with van der Waals surface area (Å²) in [6, 6.07) is 11.0. The van der Waals surface area contributed by atoms with Crippen LogP contribution < -0.4 is 5.32 Å². The Morgan fingerprint density at radius 3 is 2.81 bits per heavy atom. The predicted octanol–water partition coefficient (Wildman–Crippen LogP) is 4.19. The van der Waals surface area contributed by atoms with Crippen molar-refractivity contribution in [2.24, 2.45) is 0 Å². The van der Waals surface area contributed by atoms with Crippen LogP contribution in [0.5, 0.6) is 0 Å². The standard InChI is InChI=1S/C23H23N5O3S/c1-28(11-13-30-2)15-18-14-17(7-10-25-18)22(29)27-23-26-20(19-4-3-12-31-19)21(32-23)16-5-8-24-9-6-16/h3-10,12,14H,11,13,15H2,1-2H3,(H,26,27,29). The summed E-state index contributed by atoms with van der Waals surface area (Å²) >= 11 is 1.39. The maximum atomic E-state index is 12.9. The lowest BCUT2D eigenvalue weighted by molar-refractivity contribution is 0.102. The van der Waals surface area contributed by atoms with Gasteiger partial charge in [-0.1, -0.05) is 11.3 Å². The van der Waals surface area contributed by atoms with E-state index < -0.39 is 0 Å². The Morgan fingerprint density at radius 2 is 2.06 bits per heavy atom. The Morgan fingerprint density at radius 1 is 1.22 bits per heavy atom. The predicted molar refractivity (Wildman–Crippen MR) is 123 cm³/mol. The molecule has 0 aromatic carbocycles. The molecule has 4 rings (SSSR count). The third-order valence-electron chi connectivity index (χ3n) is 4.73. The van der Waals surface area contributed by atoms with Crippen LogP contribution >= 0.6 is 11.3 Å². The van der Waals surface area contributed by atoms with E-state index in [0.717, 1.165) is 22.7 Å². The molecule has 1 N–H and O–H groups in total. The summed E-state index contributed by atoms with van der Waals surface area (Å²) in [5, 5.41) is 3.40. The molecule has 0 unspecified atom stereocenters. The molecule has 8 nitrogen and oxygen atoms in total. The average Bonchev–Trinajstić information content (AvgIpc) is 3.48. The van der Waals surface area contributed by atoms with E-state index in [1.165, 1.54) is 11.3 Å². The first-order valence-electron chi connectivity index (χ1n) is 10.0. The number of nitrogens with zero attached hydrogens (tertiary/aromatic N) is 4. The molecule has 4 aromatic heterocycles. The van der Waals surface area contributed by atoms with E-state index in [4.69, 9.17) is 9.15 Å². The normalized spacial score (nSPS) is 11.1. The third-order valence-corrected chi connectivity index (χ3v) is 5.75. The maximum absolute atomic E-state index is 12.9. The van der Waals surface area contributed by atoms with Gasteiger partial charge in [0.1, 0.15) is 5.69 Å². The lowest BCUT2D eigenvalue weighted by Crippen LogP contribution is -2.23. The van der Waals surface area contributed by atoms with Crippen LogP contribution in [0, 0.1) is 0 Å². The Hall–Kier alpha value is -3.40. The van der Waals surface area contributed by atoms with Crippen LogP contribution in [-0.2, 0) is 11.3 Å². The number of carbonyl (C=O) groups is 1. The molecule has 0 spiro atoms. The highest BCUT2D eigenvalue weighted by molar-refractivity contribution is 7.19. The summed E-state index contributed by atoms with van der Waals surface area (Å²) in [4.78, 5) is 29.0. The van der Waals surface area contributed by atoms with Crippen molar-refractivity contribution in [3.8, 4) is 21.9 Å². The fourth-order valence-corrected chi connectivity index (χ4v) is 4.10. The molecule has 0 saturated carbocycles. The summed E-state index contributed by atoms with van der Waals surface area (Å²) in [5.41, 5.74) is 2.96. The van der Waals surface area contributed by atoms with E-state index in [0.29, 0.717) is 35.3 Å². The fraction of sp³-hybridized carbons (Fsp3) is 0.217. The molecular weight excluding hydrogens is 426 g/mol. The molecule has 4 heterocycles. The van der Waals surface area contributed by atoms with Crippen molar-refractivity contribution >= 4 is 22.4 Å². The number of methoxy groups -OCH3 is 1. The minimum Gasteiger partial charge on any atom is -0.463 e. The first kappa shape index (κ1) is 21.8. The van der Waals surface area contributed by atoms with Crippen molar-refractivity contribution < 1.29 is 13.9 Å². The smallest absolute Gasteiger partial charge is 0.257 e. The minimum atomic E-state index is -0.241. The lowest BCUT2D eigenvalue weighted by Gasteiger charge is -2.15. The highest BCUT2D eigenvalue weighted by Gasteiger charge is 2.19. The fourth-order valence-electron chi connectivity index (χ4n) is 3.13. The molecule has 9 heteroatoms. The van der Waals surface area contributed by atoms with Crippen molar-refractivity contribution in [1.82, 2.24) is 19.9 Å². The largest absolute Gasteiger partial charge is 0.463 e. The maximum Gasteiger partial charge on any atom is 0.257 e. The van der Waals surface area contributed by atoms with Gasteiger partial charge in [0, 0.05) is 44.4 Å². The van der Waals surface area contributed by atoms with E-state index in [-0.39, 0.29) is 5.91 Å². The Balaban J connectivity index is 1.54. The Labute approximate surface area is 189 Å². The van der Waals surface area contributed by atoms with Gasteiger partial charge < -0.3 is 9.15 Å². The van der Waals surface area contributed by atoms with E-state index >= 15 is 0 Å². The summed E-state index contributed by atoms with van der Waals surface area (Å²) in [5.74, 6) is 0.396. The molecule has 0 bridgehead atoms. The van der Waals surface area contributed by atoms with Crippen molar-refractivity contribution in [2.75, 3.05) is 32.6 Å². The van der Waals surface area contributed by atoms with Crippen LogP contribution in [-0.4, -0.2) is 53.1 Å². The van der Waals surface area contributed by atoms with Crippen molar-refractivity contribution in [3.63, 3.8) is 0 Å². The van der Waals surface area contributed by atoms with Gasteiger partial charge in [0.15, 0.2) is 10.9 Å². The van der Waals surface area contributed by atoms with Gasteiger partial charge >= 0.3 is 0 Å². The monoisotopic (exact) mass is 449 g/mol. The zero-order valence-electron chi connectivity index (χ0n) is 17.8. The van der Waals surface area contributed by atoms with Gasteiger partial charge in [0.05, 0.1) is 23.4 Å². The number of rotatable bonds is 9. The molecule has 0 aliphatic carbocycles. The quantitative estimate of drug-likeness (QED) is 0.409. The number of amides is 1. The van der Waals surface area contributed by atoms with Gasteiger partial charge in [-0.25, -0.2) is 4.98 Å². The van der Waals surface area contributed by atoms with Crippen LogP contribution in [0.4, 0.5) is 5.13 Å². The molecule has 0 aliphatic heterocycles. The van der Waals surface area contributed by atoms with Crippen molar-refractivity contribution in [1.29, 1.82) is 0 Å². The second kappa shape index (κ2) is 10.3. The minimum absolute atomic E-state index is 0.241. The second-order valence-electron chi connectivity index (χ2n) is 7.13. The van der Waals surface area contributed by atoms with Gasteiger partial charge in [0.2, 0.25) is 0 Å². The van der Waals surface area contributed by atoms with Crippen LogP contribution in [0.25, 0.3) is 21.9 Å². The van der Waals surface area contributed by atoms with Crippen LogP contribution in [0.2, 0.25) is 0 Å². The average molecular weight is 450 g/mol. The summed E-state index contributed by atoms with van der Waals surface area (Å²) < 4.78 is 10.7. The molecule has 0 radical (unpaired) electrons. The number of furan rings is 1. The first-order valence-corrected chi connectivity index (χ1v) is 10.8. The first-order chi connectivity index (χ1) is 15.6. The highest BCUT2D eigenvalue weighted by atomic mass is 32.1. The molecule has 0 saturated heterocycles. The number of hydrogen-bond donors (Lipinski definition) is 1. The molecule has 0 atom stereocenters. The molecule has 0 aliphatic rings. The van der Waals surface area contributed by atoms with E-state index in [1.807, 2.05) is 31.3 Å². The van der Waals surface area contributed by atoms with Gasteiger partial charge in [-0.2, -0.15) is 0 Å². The highest BCUT2D eigenvalue weighted by Crippen LogP contribution is 2.39. The number of ether oxygens (including phenoxy) is 1. The zero-order valence-corrected chi connectivity index (χ0v) is 18.6. The molecule has 0 fully saturated rings. The van der Waals surface area contributed by atoms with Gasteiger partial charge in [-0.15, -0.1) is 0 Å². The number of hydrogen-bond acceptors (Lipinski definition) is 8. The van der Waals surface area contributed by atoms with Crippen LogP contribution in [0.3, 0.4) is 0 Å². The lowest BCUT2D eigenvalue weighted by atomic mass is 10.2. The van der Waals surface area contributed by atoms with E-state index in [1.54, 1.807) is 44.1 Å². The van der Waals surface area contributed by atoms with Crippen molar-refractivity contribution in [3.05, 3.63) is 72.5 Å². The van der Waals surface area contributed by atoms with Gasteiger partial charge in [0.25, 0.3) is 5.91 Å². The summed E-state index contributed by atoms with van der Waals surface area (Å²) in [6.45, 7) is 2.04. The molecule has 164 valence electrons. The van der Waals surface area contributed by atoms with E-state index in [9.17, 15) is 4.79 Å². The molecule has 1 amide bonds. The molecule has 32 heavy (non-hydrogen) atoms. The molecular formula is C23H23N5O3S. The number of anilines is 1. The Bertz CT molecular complexity index is 1160.